The van der Waals surface area contributed by atoms with Crippen LogP contribution in [0.5, 0.6) is 0 Å². The van der Waals surface area contributed by atoms with Crippen LogP contribution in [0.15, 0.2) is 126 Å². The van der Waals surface area contributed by atoms with Gasteiger partial charge in [-0.25, -0.2) is 19.2 Å². The molecule has 3 aliphatic carbocycles. The Morgan fingerprint density at radius 3 is 2.10 bits per heavy atom. The van der Waals surface area contributed by atoms with Crippen molar-refractivity contribution < 1.29 is 86.5 Å². The van der Waals surface area contributed by atoms with E-state index in [-0.39, 0.29) is 64.9 Å². The number of carbonyl (C=O) groups excluding carboxylic acids is 8. The van der Waals surface area contributed by atoms with Crippen LogP contribution in [-0.2, 0) is 57.1 Å². The summed E-state index contributed by atoms with van der Waals surface area (Å²) in [4.78, 5) is 117. The number of nitrogens with zero attached hydrogens (tertiary/aromatic N) is 2. The van der Waals surface area contributed by atoms with Crippen molar-refractivity contribution in [3.05, 3.63) is 143 Å². The van der Waals surface area contributed by atoms with Crippen LogP contribution in [0.4, 0.5) is 15.3 Å². The first-order valence-electron chi connectivity index (χ1n) is 27.5. The van der Waals surface area contributed by atoms with E-state index in [2.05, 4.69) is 26.1 Å². The molecule has 0 unspecified atom stereocenters. The highest BCUT2D eigenvalue weighted by Gasteiger charge is 2.78. The van der Waals surface area contributed by atoms with Crippen LogP contribution in [-0.4, -0.2) is 153 Å². The number of Topliss-reactive ketones (excluding diaryl/α,β-unsaturated/α-hetero) is 1. The number of esters is 4. The zero-order valence-corrected chi connectivity index (χ0v) is 50.6. The number of hydrazone groups is 1. The molecule has 3 fully saturated rings. The highest BCUT2D eigenvalue weighted by molar-refractivity contribution is 8.76. The van der Waals surface area contributed by atoms with Crippen molar-refractivity contribution in [2.75, 3.05) is 36.6 Å². The molecule has 2 amide bonds. The van der Waals surface area contributed by atoms with E-state index in [0.29, 0.717) is 17.1 Å². The highest BCUT2D eigenvalue weighted by atomic mass is 33.1. The van der Waals surface area contributed by atoms with Gasteiger partial charge in [-0.15, -0.1) is 0 Å². The summed E-state index contributed by atoms with van der Waals surface area (Å²) in [5, 5.41) is 35.5. The number of thiocarbonyl (C=S) groups is 1. The minimum absolute atomic E-state index is 0.0156. The molecule has 2 bridgehead atoms. The third kappa shape index (κ3) is 14.1. The number of ether oxygens (including phenoxy) is 8. The number of carbonyl (C=O) groups is 8. The lowest BCUT2D eigenvalue weighted by molar-refractivity contribution is -0.346. The number of hydrogen-bond acceptors (Lipinski definition) is 23. The molecule has 8 rings (SSSR count). The van der Waals surface area contributed by atoms with Gasteiger partial charge < -0.3 is 59.2 Å². The van der Waals surface area contributed by atoms with Gasteiger partial charge >= 0.3 is 36.1 Å². The van der Waals surface area contributed by atoms with Crippen molar-refractivity contribution in [3.63, 3.8) is 0 Å². The summed E-state index contributed by atoms with van der Waals surface area (Å²) in [6.45, 7) is 7.45. The van der Waals surface area contributed by atoms with Gasteiger partial charge in [0.05, 0.1) is 41.5 Å². The summed E-state index contributed by atoms with van der Waals surface area (Å²) >= 11 is 4.74. The third-order valence-electron chi connectivity index (χ3n) is 16.0. The van der Waals surface area contributed by atoms with E-state index in [1.807, 2.05) is 0 Å². The summed E-state index contributed by atoms with van der Waals surface area (Å²) in [5.74, 6) is -6.83. The van der Waals surface area contributed by atoms with Gasteiger partial charge in [0, 0.05) is 55.4 Å². The Morgan fingerprint density at radius 1 is 0.862 bits per heavy atom. The lowest BCUT2D eigenvalue weighted by Crippen LogP contribution is -2.82. The number of aliphatic hydroxyl groups is 2. The van der Waals surface area contributed by atoms with E-state index < -0.39 is 125 Å². The quantitative estimate of drug-likeness (QED) is 0.00803. The second-order valence-corrected chi connectivity index (χ2v) is 24.8. The summed E-state index contributed by atoms with van der Waals surface area (Å²) in [5.41, 5.74) is 0.567. The molecule has 1 saturated heterocycles. The maximum atomic E-state index is 15.8. The molecule has 0 spiro atoms. The van der Waals surface area contributed by atoms with E-state index in [1.54, 1.807) is 78.9 Å². The van der Waals surface area contributed by atoms with Crippen LogP contribution in [0.1, 0.15) is 92.4 Å². The van der Waals surface area contributed by atoms with E-state index >= 15 is 9.59 Å². The predicted molar refractivity (Wildman–Crippen MR) is 320 cm³/mol. The standard InChI is InChI=1S/C60H66N6O18S3/c1-33-41(30-60(76)50(83-52(72)38-21-14-9-15-22-38)48-58(6,42(69)29-43-59(48,32-79-43)84-35(3)68)49(70)46(80-34(2)67)44(33)57(60,4)5)81-53(73)47(45(36-17-10-7-11-18-36)65-51(71)37-19-12-8-13-20-37)82-56(75)78-26-28-87-86-27-25-77-55(74)64-39-23-16-24-62-40(39)31-63-66-54(61)85/h7-24,31,41-43,45-48,50,69,76H,25-30,32H2,1-6H3,(H,64,74)(H,65,71)(H3,61,66,85)/t41-,42-,43+,45-,46+,47+,48-,50-,58+,59-,60+/m0/s1. The second-order valence-electron chi connectivity index (χ2n) is 21.6. The fourth-order valence-electron chi connectivity index (χ4n) is 11.8. The highest BCUT2D eigenvalue weighted by Crippen LogP contribution is 2.64. The Labute approximate surface area is 513 Å². The van der Waals surface area contributed by atoms with Crippen molar-refractivity contribution in [2.45, 2.75) is 108 Å². The zero-order valence-electron chi connectivity index (χ0n) is 48.2. The summed E-state index contributed by atoms with van der Waals surface area (Å²) in [6, 6.07) is 25.5. The molecule has 4 aliphatic rings. The van der Waals surface area contributed by atoms with Gasteiger partial charge in [0.1, 0.15) is 48.9 Å². The molecular formula is C60H66N6O18S3. The Bertz CT molecular complexity index is 3310. The van der Waals surface area contributed by atoms with Gasteiger partial charge in [-0.2, -0.15) is 5.10 Å². The third-order valence-corrected chi connectivity index (χ3v) is 18.4. The maximum absolute atomic E-state index is 15.8. The molecule has 87 heavy (non-hydrogen) atoms. The van der Waals surface area contributed by atoms with Crippen LogP contribution >= 0.6 is 33.8 Å². The number of hydrogen-bond donors (Lipinski definition) is 6. The van der Waals surface area contributed by atoms with Crippen LogP contribution in [0.2, 0.25) is 0 Å². The van der Waals surface area contributed by atoms with Gasteiger partial charge in [0.15, 0.2) is 22.6 Å². The number of benzene rings is 3. The number of aliphatic hydroxyl groups excluding tert-OH is 1. The van der Waals surface area contributed by atoms with Gasteiger partial charge in [-0.3, -0.25) is 34.9 Å². The number of nitrogens with two attached hydrogens (primary N) is 1. The minimum Gasteiger partial charge on any atom is -0.455 e. The molecule has 7 N–H and O–H groups in total. The maximum Gasteiger partial charge on any atom is 0.509 e. The molecule has 2 saturated carbocycles. The fraction of sp³-hybridized carbons (Fsp3) is 0.417. The normalized spacial score (nSPS) is 25.8. The first-order valence-corrected chi connectivity index (χ1v) is 30.4. The second kappa shape index (κ2) is 27.8. The first-order chi connectivity index (χ1) is 41.4. The van der Waals surface area contributed by atoms with Crippen molar-refractivity contribution in [1.29, 1.82) is 0 Å². The van der Waals surface area contributed by atoms with Crippen LogP contribution in [0, 0.1) is 16.7 Å². The Kier molecular flexibility index (Phi) is 20.8. The molecule has 1 aromatic heterocycles. The van der Waals surface area contributed by atoms with Crippen LogP contribution in [0.25, 0.3) is 0 Å². The number of amides is 2. The lowest BCUT2D eigenvalue weighted by atomic mass is 9.44. The molecule has 4 aromatic rings. The summed E-state index contributed by atoms with van der Waals surface area (Å²) in [7, 11) is 2.55. The minimum atomic E-state index is -2.52. The van der Waals surface area contributed by atoms with Gasteiger partial charge in [0.25, 0.3) is 5.91 Å². The molecule has 27 heteroatoms. The molecular weight excluding hydrogens is 1190 g/mol. The largest absolute Gasteiger partial charge is 0.509 e. The van der Waals surface area contributed by atoms with Crippen LogP contribution in [0.3, 0.4) is 0 Å². The van der Waals surface area contributed by atoms with Crippen LogP contribution < -0.4 is 21.8 Å². The molecule has 1 aliphatic heterocycles. The van der Waals surface area contributed by atoms with Gasteiger partial charge in [0.2, 0.25) is 6.10 Å². The van der Waals surface area contributed by atoms with Crippen molar-refractivity contribution in [3.8, 4) is 0 Å². The number of anilines is 1. The average Bonchev–Trinajstić information content (AvgIpc) is 0.726. The summed E-state index contributed by atoms with van der Waals surface area (Å²) < 4.78 is 47.6. The van der Waals surface area contributed by atoms with Crippen molar-refractivity contribution in [1.82, 2.24) is 15.7 Å². The molecule has 24 nitrogen and oxygen atoms in total. The number of fused-ring (bicyclic) bond motifs is 5. The number of ketones is 1. The fourth-order valence-corrected chi connectivity index (χ4v) is 13.5. The number of nitrogens with one attached hydrogen (secondary N) is 3. The molecule has 462 valence electrons. The topological polar surface area (TPSA) is 338 Å². The predicted octanol–water partition coefficient (Wildman–Crippen LogP) is 6.09. The average molecular weight is 1260 g/mol. The van der Waals surface area contributed by atoms with E-state index in [1.165, 1.54) is 86.0 Å². The molecule has 0 radical (unpaired) electrons. The zero-order chi connectivity index (χ0) is 62.8. The Hall–Kier alpha value is -7.95. The SMILES string of the molecule is CC(=O)O[C@H]1C(=O)[C@@]2(C)[C@H]([C@H](OC(=O)c3ccccc3)[C@]3(O)C[C@H](OC(=O)[C@H](OC(=O)OCCSSCCOC(=O)Nc4cccnc4C=NNC(N)=S)[C@@H](NC(=O)c4ccccc4)c4ccccc4)C(C)=C1C3(C)C)[C@]1(OC(C)=O)CO[C@@H]1C[C@@H]2O. The molecule has 3 aromatic carbocycles. The van der Waals surface area contributed by atoms with E-state index in [0.717, 1.165) is 13.8 Å². The van der Waals surface area contributed by atoms with Gasteiger partial charge in [-0.1, -0.05) is 102 Å². The number of pyridine rings is 1. The van der Waals surface area contributed by atoms with E-state index in [4.69, 9.17) is 55.8 Å². The number of rotatable bonds is 21. The molecule has 2 heterocycles. The Morgan fingerprint density at radius 2 is 1.49 bits per heavy atom. The smallest absolute Gasteiger partial charge is 0.455 e. The number of aromatic nitrogens is 1. The Balaban J connectivity index is 1.09. The monoisotopic (exact) mass is 1250 g/mol. The van der Waals surface area contributed by atoms with E-state index in [9.17, 15) is 39.0 Å². The van der Waals surface area contributed by atoms with Gasteiger partial charge in [-0.05, 0) is 79.2 Å². The first kappa shape index (κ1) is 65.0. The van der Waals surface area contributed by atoms with Crippen molar-refractivity contribution in [2.24, 2.45) is 27.6 Å². The van der Waals surface area contributed by atoms with Crippen molar-refractivity contribution >= 4 is 98.6 Å². The lowest BCUT2D eigenvalue weighted by Gasteiger charge is -2.67. The summed E-state index contributed by atoms with van der Waals surface area (Å²) in [6.07, 6.45) is -10.5. The molecule has 11 atom stereocenters.